The van der Waals surface area contributed by atoms with Gasteiger partial charge in [-0.15, -0.1) is 0 Å². The van der Waals surface area contributed by atoms with E-state index in [9.17, 15) is 4.79 Å². The van der Waals surface area contributed by atoms with E-state index in [1.165, 1.54) is 12.1 Å². The van der Waals surface area contributed by atoms with E-state index >= 15 is 0 Å². The number of nitrogens with one attached hydrogen (secondary N) is 1. The maximum atomic E-state index is 10.8. The number of nitrogens with two attached hydrogens (primary N) is 1. The van der Waals surface area contributed by atoms with Gasteiger partial charge in [0.1, 0.15) is 5.82 Å². The maximum absolute atomic E-state index is 10.8. The smallest absolute Gasteiger partial charge is 0.354 e. The molecule has 0 spiro atoms. The highest BCUT2D eigenvalue weighted by Gasteiger charge is 2.42. The van der Waals surface area contributed by atoms with Crippen LogP contribution >= 0.6 is 0 Å². The summed E-state index contributed by atoms with van der Waals surface area (Å²) in [7, 11) is 0. The number of carboxylic acids is 1. The summed E-state index contributed by atoms with van der Waals surface area (Å²) in [5.74, 6) is -0.713. The molecule has 0 bridgehead atoms. The average Bonchev–Trinajstić information content (AvgIpc) is 3.08. The van der Waals surface area contributed by atoms with Gasteiger partial charge in [-0.25, -0.2) is 9.78 Å². The lowest BCUT2D eigenvalue weighted by atomic mass is 10.0. The fourth-order valence-electron chi connectivity index (χ4n) is 1.76. The van der Waals surface area contributed by atoms with Crippen molar-refractivity contribution >= 4 is 17.5 Å². The van der Waals surface area contributed by atoms with Crippen LogP contribution in [0.15, 0.2) is 12.1 Å². The number of hydrogen-bond acceptors (Lipinski definition) is 5. The molecule has 2 rings (SSSR count). The van der Waals surface area contributed by atoms with Crippen LogP contribution in [0.2, 0.25) is 0 Å². The molecule has 0 amide bonds. The van der Waals surface area contributed by atoms with Crippen molar-refractivity contribution in [2.45, 2.75) is 19.3 Å². The van der Waals surface area contributed by atoms with Gasteiger partial charge in [0.2, 0.25) is 0 Å². The molecule has 1 aromatic heterocycles. The maximum Gasteiger partial charge on any atom is 0.354 e. The lowest BCUT2D eigenvalue weighted by molar-refractivity contribution is 0.0690. The molecule has 0 aliphatic heterocycles. The number of aromatic carboxylic acids is 1. The Balaban J connectivity index is 2.07. The zero-order chi connectivity index (χ0) is 13.2. The second-order valence-corrected chi connectivity index (χ2v) is 4.63. The summed E-state index contributed by atoms with van der Waals surface area (Å²) < 4.78 is 0. The predicted octanol–water partition coefficient (Wildman–Crippen LogP) is 1.47. The summed E-state index contributed by atoms with van der Waals surface area (Å²) >= 11 is 0. The molecule has 0 radical (unpaired) electrons. The van der Waals surface area contributed by atoms with Crippen molar-refractivity contribution in [3.8, 4) is 6.07 Å². The van der Waals surface area contributed by atoms with Gasteiger partial charge in [-0.3, -0.25) is 0 Å². The molecule has 6 heteroatoms. The Labute approximate surface area is 104 Å². The van der Waals surface area contributed by atoms with Gasteiger partial charge < -0.3 is 16.2 Å². The van der Waals surface area contributed by atoms with Crippen molar-refractivity contribution < 1.29 is 9.90 Å². The number of carbonyl (C=O) groups is 1. The highest BCUT2D eigenvalue weighted by Crippen LogP contribution is 2.48. The third kappa shape index (κ3) is 2.51. The van der Waals surface area contributed by atoms with E-state index in [1.807, 2.05) is 0 Å². The fraction of sp³-hybridized carbons (Fsp3) is 0.417. The predicted molar refractivity (Wildman–Crippen MR) is 66.0 cm³/mol. The minimum absolute atomic E-state index is 0.0160. The summed E-state index contributed by atoms with van der Waals surface area (Å²) in [5.41, 5.74) is 6.11. The number of pyridine rings is 1. The second kappa shape index (κ2) is 4.53. The van der Waals surface area contributed by atoms with Crippen molar-refractivity contribution in [3.05, 3.63) is 17.8 Å². The summed E-state index contributed by atoms with van der Waals surface area (Å²) in [5, 5.41) is 20.6. The molecule has 0 atom stereocenters. The monoisotopic (exact) mass is 246 g/mol. The summed E-state index contributed by atoms with van der Waals surface area (Å²) in [6.45, 7) is 0.598. The molecule has 1 aromatic rings. The summed E-state index contributed by atoms with van der Waals surface area (Å²) in [6, 6.07) is 5.05. The van der Waals surface area contributed by atoms with Crippen LogP contribution in [-0.4, -0.2) is 22.6 Å². The SMILES string of the molecule is N#CCC1(CNc2nc(C(=O)O)ccc2N)CC1. The average molecular weight is 246 g/mol. The van der Waals surface area contributed by atoms with E-state index in [4.69, 9.17) is 16.1 Å². The van der Waals surface area contributed by atoms with Gasteiger partial charge in [0.25, 0.3) is 0 Å². The number of nitrogens with zero attached hydrogens (tertiary/aromatic N) is 2. The molecule has 0 aromatic carbocycles. The van der Waals surface area contributed by atoms with E-state index in [2.05, 4.69) is 16.4 Å². The Morgan fingerprint density at radius 3 is 2.89 bits per heavy atom. The van der Waals surface area contributed by atoms with Gasteiger partial charge in [0.15, 0.2) is 5.69 Å². The van der Waals surface area contributed by atoms with E-state index in [0.717, 1.165) is 12.8 Å². The number of nitrogen functional groups attached to an aromatic ring is 1. The standard InChI is InChI=1S/C12H14N4O2/c13-6-5-12(3-4-12)7-15-10-8(14)1-2-9(16-10)11(17)18/h1-2H,3-5,7,14H2,(H,15,16)(H,17,18). The zero-order valence-electron chi connectivity index (χ0n) is 9.81. The van der Waals surface area contributed by atoms with Crippen molar-refractivity contribution in [2.75, 3.05) is 17.6 Å². The highest BCUT2D eigenvalue weighted by atomic mass is 16.4. The summed E-state index contributed by atoms with van der Waals surface area (Å²) in [6.07, 6.45) is 2.51. The molecule has 1 fully saturated rings. The topological polar surface area (TPSA) is 112 Å². The minimum atomic E-state index is -1.09. The quantitative estimate of drug-likeness (QED) is 0.725. The lowest BCUT2D eigenvalue weighted by Crippen LogP contribution is -2.17. The van der Waals surface area contributed by atoms with Crippen LogP contribution in [0.5, 0.6) is 0 Å². The van der Waals surface area contributed by atoms with Crippen molar-refractivity contribution in [1.29, 1.82) is 5.26 Å². The Hall–Kier alpha value is -2.29. The van der Waals surface area contributed by atoms with Crippen LogP contribution < -0.4 is 11.1 Å². The Bertz CT molecular complexity index is 517. The van der Waals surface area contributed by atoms with Gasteiger partial charge in [-0.05, 0) is 25.0 Å². The van der Waals surface area contributed by atoms with Gasteiger partial charge >= 0.3 is 5.97 Å². The molecule has 6 nitrogen and oxygen atoms in total. The first kappa shape index (κ1) is 12.2. The first-order valence-corrected chi connectivity index (χ1v) is 5.67. The molecule has 18 heavy (non-hydrogen) atoms. The molecule has 1 heterocycles. The van der Waals surface area contributed by atoms with E-state index < -0.39 is 5.97 Å². The Kier molecular flexibility index (Phi) is 3.06. The van der Waals surface area contributed by atoms with Gasteiger partial charge in [0.05, 0.1) is 11.8 Å². The molecule has 0 saturated heterocycles. The number of aromatic nitrogens is 1. The van der Waals surface area contributed by atoms with Crippen LogP contribution in [0.25, 0.3) is 0 Å². The van der Waals surface area contributed by atoms with Gasteiger partial charge in [0, 0.05) is 18.4 Å². The first-order chi connectivity index (χ1) is 8.56. The van der Waals surface area contributed by atoms with Gasteiger partial charge in [-0.2, -0.15) is 5.26 Å². The summed E-state index contributed by atoms with van der Waals surface area (Å²) in [4.78, 5) is 14.8. The molecule has 0 unspecified atom stereocenters. The second-order valence-electron chi connectivity index (χ2n) is 4.63. The molecule has 1 aliphatic rings. The van der Waals surface area contributed by atoms with Crippen LogP contribution in [0.4, 0.5) is 11.5 Å². The molecule has 94 valence electrons. The largest absolute Gasteiger partial charge is 0.477 e. The molecular formula is C12H14N4O2. The van der Waals surface area contributed by atoms with E-state index in [-0.39, 0.29) is 11.1 Å². The van der Waals surface area contributed by atoms with Crippen LogP contribution in [-0.2, 0) is 0 Å². The Morgan fingerprint density at radius 1 is 1.61 bits per heavy atom. The first-order valence-electron chi connectivity index (χ1n) is 5.67. The molecule has 1 aliphatic carbocycles. The number of carboxylic acid groups (broad SMARTS) is 1. The lowest BCUT2D eigenvalue weighted by Gasteiger charge is -2.14. The number of nitriles is 1. The van der Waals surface area contributed by atoms with Gasteiger partial charge in [-0.1, -0.05) is 0 Å². The van der Waals surface area contributed by atoms with Crippen molar-refractivity contribution in [2.24, 2.45) is 5.41 Å². The molecule has 4 N–H and O–H groups in total. The van der Waals surface area contributed by atoms with E-state index in [1.54, 1.807) is 0 Å². The highest BCUT2D eigenvalue weighted by molar-refractivity contribution is 5.86. The van der Waals surface area contributed by atoms with Crippen molar-refractivity contribution in [3.63, 3.8) is 0 Å². The van der Waals surface area contributed by atoms with Crippen LogP contribution in [0.1, 0.15) is 29.8 Å². The third-order valence-electron chi connectivity index (χ3n) is 3.19. The molecular weight excluding hydrogens is 232 g/mol. The minimum Gasteiger partial charge on any atom is -0.477 e. The number of rotatable bonds is 5. The fourth-order valence-corrected chi connectivity index (χ4v) is 1.76. The normalized spacial score (nSPS) is 15.7. The molecule has 1 saturated carbocycles. The number of hydrogen-bond donors (Lipinski definition) is 3. The van der Waals surface area contributed by atoms with E-state index in [0.29, 0.717) is 24.5 Å². The van der Waals surface area contributed by atoms with Crippen molar-refractivity contribution in [1.82, 2.24) is 4.98 Å². The Morgan fingerprint density at radius 2 is 2.33 bits per heavy atom. The number of anilines is 2. The zero-order valence-corrected chi connectivity index (χ0v) is 9.81. The third-order valence-corrected chi connectivity index (χ3v) is 3.19. The van der Waals surface area contributed by atoms with Crippen LogP contribution in [0, 0.1) is 16.7 Å². The van der Waals surface area contributed by atoms with Crippen LogP contribution in [0.3, 0.4) is 0 Å².